The first-order valence-electron chi connectivity index (χ1n) is 10.4. The van der Waals surface area contributed by atoms with E-state index in [1.54, 1.807) is 0 Å². The molecule has 1 aromatic carbocycles. The zero-order valence-corrected chi connectivity index (χ0v) is 17.5. The van der Waals surface area contributed by atoms with Gasteiger partial charge >= 0.3 is 0 Å². The van der Waals surface area contributed by atoms with Crippen LogP contribution in [-0.2, 0) is 16.4 Å². The van der Waals surface area contributed by atoms with Gasteiger partial charge in [0.25, 0.3) is 0 Å². The molecule has 2 fully saturated rings. The maximum atomic E-state index is 13.0. The third kappa shape index (κ3) is 3.57. The predicted molar refractivity (Wildman–Crippen MR) is 109 cm³/mol. The molecule has 3 heterocycles. The molecule has 3 aliphatic rings. The Bertz CT molecular complexity index is 808. The first-order valence-corrected chi connectivity index (χ1v) is 12.1. The molecule has 2 N–H and O–H groups in total. The van der Waals surface area contributed by atoms with Gasteiger partial charge in [0.05, 0.1) is 5.75 Å². The highest BCUT2D eigenvalue weighted by atomic mass is 32.2. The SMILES string of the molecule is Cc1cc2c(cc1C)[C@@H]1C[C@H]3[C@H](CCCN3S(=O)(=O)CCCN)CN1CC2. The van der Waals surface area contributed by atoms with Gasteiger partial charge in [-0.25, -0.2) is 8.42 Å². The van der Waals surface area contributed by atoms with E-state index in [-0.39, 0.29) is 11.8 Å². The zero-order valence-electron chi connectivity index (χ0n) is 16.7. The van der Waals surface area contributed by atoms with Crippen molar-refractivity contribution in [2.45, 2.75) is 58.0 Å². The molecule has 0 bridgehead atoms. The summed E-state index contributed by atoms with van der Waals surface area (Å²) < 4.78 is 27.8. The number of hydrogen-bond acceptors (Lipinski definition) is 4. The van der Waals surface area contributed by atoms with Crippen LogP contribution in [0.1, 0.15) is 54.0 Å². The molecule has 5 nitrogen and oxygen atoms in total. The summed E-state index contributed by atoms with van der Waals surface area (Å²) in [6.07, 6.45) is 4.73. The molecule has 0 aromatic heterocycles. The largest absolute Gasteiger partial charge is 0.330 e. The highest BCUT2D eigenvalue weighted by Crippen LogP contribution is 2.44. The van der Waals surface area contributed by atoms with Crippen LogP contribution in [0.3, 0.4) is 0 Å². The van der Waals surface area contributed by atoms with Gasteiger partial charge < -0.3 is 5.73 Å². The van der Waals surface area contributed by atoms with Crippen LogP contribution in [0.4, 0.5) is 0 Å². The van der Waals surface area contributed by atoms with Crippen molar-refractivity contribution in [2.75, 3.05) is 31.9 Å². The Labute approximate surface area is 164 Å². The molecule has 3 aliphatic heterocycles. The lowest BCUT2D eigenvalue weighted by atomic mass is 9.77. The topological polar surface area (TPSA) is 66.6 Å². The molecule has 27 heavy (non-hydrogen) atoms. The first kappa shape index (κ1) is 19.4. The van der Waals surface area contributed by atoms with Gasteiger partial charge in [0.1, 0.15) is 0 Å². The van der Waals surface area contributed by atoms with Crippen molar-refractivity contribution >= 4 is 10.0 Å². The van der Waals surface area contributed by atoms with Gasteiger partial charge in [0, 0.05) is 31.7 Å². The Hall–Kier alpha value is -0.950. The van der Waals surface area contributed by atoms with Crippen molar-refractivity contribution < 1.29 is 8.42 Å². The molecule has 0 unspecified atom stereocenters. The molecule has 3 atom stereocenters. The van der Waals surface area contributed by atoms with Crippen LogP contribution in [0.15, 0.2) is 12.1 Å². The summed E-state index contributed by atoms with van der Waals surface area (Å²) in [7, 11) is -3.21. The Morgan fingerprint density at radius 1 is 1.19 bits per heavy atom. The second-order valence-corrected chi connectivity index (χ2v) is 10.7. The third-order valence-electron chi connectivity index (χ3n) is 6.99. The smallest absolute Gasteiger partial charge is 0.214 e. The van der Waals surface area contributed by atoms with Crippen LogP contribution >= 0.6 is 0 Å². The Balaban J connectivity index is 1.63. The number of fused-ring (bicyclic) bond motifs is 4. The van der Waals surface area contributed by atoms with Crippen LogP contribution in [0.25, 0.3) is 0 Å². The average molecular weight is 392 g/mol. The van der Waals surface area contributed by atoms with E-state index in [1.165, 1.54) is 22.3 Å². The number of benzene rings is 1. The van der Waals surface area contributed by atoms with E-state index < -0.39 is 10.0 Å². The first-order chi connectivity index (χ1) is 12.9. The molecule has 1 aromatic rings. The minimum absolute atomic E-state index is 0.148. The molecule has 150 valence electrons. The summed E-state index contributed by atoms with van der Waals surface area (Å²) in [5, 5.41) is 0. The molecule has 6 heteroatoms. The van der Waals surface area contributed by atoms with Crippen molar-refractivity contribution in [3.05, 3.63) is 34.4 Å². The second kappa shape index (κ2) is 7.47. The minimum Gasteiger partial charge on any atom is -0.330 e. The van der Waals surface area contributed by atoms with Crippen molar-refractivity contribution in [1.82, 2.24) is 9.21 Å². The van der Waals surface area contributed by atoms with E-state index in [0.717, 1.165) is 38.8 Å². The van der Waals surface area contributed by atoms with Crippen LogP contribution < -0.4 is 5.73 Å². The van der Waals surface area contributed by atoms with Crippen LogP contribution in [-0.4, -0.2) is 55.6 Å². The van der Waals surface area contributed by atoms with E-state index in [1.807, 2.05) is 4.31 Å². The van der Waals surface area contributed by atoms with E-state index in [0.29, 0.717) is 31.5 Å². The summed E-state index contributed by atoms with van der Waals surface area (Å²) in [5.41, 5.74) is 11.2. The van der Waals surface area contributed by atoms with Crippen LogP contribution in [0, 0.1) is 19.8 Å². The van der Waals surface area contributed by atoms with Gasteiger partial charge in [0.2, 0.25) is 10.0 Å². The molecule has 0 amide bonds. The van der Waals surface area contributed by atoms with Crippen molar-refractivity contribution in [3.8, 4) is 0 Å². The molecular weight excluding hydrogens is 358 g/mol. The standard InChI is InChI=1S/C21H33N3O2S/c1-15-11-17-6-9-23-14-18-5-3-8-24(27(25,26)10-4-7-22)20(18)13-21(23)19(17)12-16(15)2/h11-12,18,20-21H,3-10,13-14,22H2,1-2H3/t18-,20+,21+/m1/s1. The minimum atomic E-state index is -3.21. The monoisotopic (exact) mass is 391 g/mol. The average Bonchev–Trinajstić information content (AvgIpc) is 2.65. The summed E-state index contributed by atoms with van der Waals surface area (Å²) in [6.45, 7) is 7.62. The number of rotatable bonds is 4. The molecule has 0 saturated carbocycles. The van der Waals surface area contributed by atoms with E-state index >= 15 is 0 Å². The van der Waals surface area contributed by atoms with Crippen molar-refractivity contribution in [1.29, 1.82) is 0 Å². The zero-order chi connectivity index (χ0) is 19.2. The fourth-order valence-corrected chi connectivity index (χ4v) is 7.26. The van der Waals surface area contributed by atoms with E-state index in [9.17, 15) is 8.42 Å². The van der Waals surface area contributed by atoms with Crippen LogP contribution in [0.5, 0.6) is 0 Å². The second-order valence-electron chi connectivity index (χ2n) is 8.67. The Kier molecular flexibility index (Phi) is 5.36. The summed E-state index contributed by atoms with van der Waals surface area (Å²) in [5.74, 6) is 0.659. The lowest BCUT2D eigenvalue weighted by molar-refractivity contribution is 0.0219. The molecular formula is C21H33N3O2S. The normalized spacial score (nSPS) is 29.1. The summed E-state index contributed by atoms with van der Waals surface area (Å²) in [4.78, 5) is 2.62. The summed E-state index contributed by atoms with van der Waals surface area (Å²) >= 11 is 0. The number of sulfonamides is 1. The molecule has 0 aliphatic carbocycles. The fraction of sp³-hybridized carbons (Fsp3) is 0.714. The van der Waals surface area contributed by atoms with Gasteiger partial charge in [-0.3, -0.25) is 4.90 Å². The molecule has 0 spiro atoms. The molecule has 4 rings (SSSR count). The van der Waals surface area contributed by atoms with E-state index in [4.69, 9.17) is 5.73 Å². The Morgan fingerprint density at radius 3 is 2.74 bits per heavy atom. The van der Waals surface area contributed by atoms with Gasteiger partial charge in [-0.2, -0.15) is 4.31 Å². The fourth-order valence-electron chi connectivity index (χ4n) is 5.42. The predicted octanol–water partition coefficient (Wildman–Crippen LogP) is 2.37. The highest BCUT2D eigenvalue weighted by Gasteiger charge is 2.45. The van der Waals surface area contributed by atoms with Gasteiger partial charge in [0.15, 0.2) is 0 Å². The maximum Gasteiger partial charge on any atom is 0.214 e. The number of nitrogens with two attached hydrogens (primary N) is 1. The van der Waals surface area contributed by atoms with Gasteiger partial charge in [-0.1, -0.05) is 12.1 Å². The lowest BCUT2D eigenvalue weighted by Gasteiger charge is -2.52. The highest BCUT2D eigenvalue weighted by molar-refractivity contribution is 7.89. The molecule has 2 saturated heterocycles. The molecule has 0 radical (unpaired) electrons. The van der Waals surface area contributed by atoms with Gasteiger partial charge in [-0.05, 0) is 80.7 Å². The van der Waals surface area contributed by atoms with E-state index in [2.05, 4.69) is 30.9 Å². The number of piperidine rings is 2. The quantitative estimate of drug-likeness (QED) is 0.856. The number of nitrogens with zero attached hydrogens (tertiary/aromatic N) is 2. The third-order valence-corrected chi connectivity index (χ3v) is 8.96. The number of aryl methyl sites for hydroxylation is 2. The number of hydrogen-bond donors (Lipinski definition) is 1. The van der Waals surface area contributed by atoms with Gasteiger partial charge in [-0.15, -0.1) is 0 Å². The van der Waals surface area contributed by atoms with Crippen LogP contribution in [0.2, 0.25) is 0 Å². The lowest BCUT2D eigenvalue weighted by Crippen LogP contribution is -2.57. The maximum absolute atomic E-state index is 13.0. The van der Waals surface area contributed by atoms with Crippen molar-refractivity contribution in [3.63, 3.8) is 0 Å². The summed E-state index contributed by atoms with van der Waals surface area (Å²) in [6, 6.07) is 5.22. The Morgan fingerprint density at radius 2 is 1.96 bits per heavy atom. The van der Waals surface area contributed by atoms with Crippen molar-refractivity contribution in [2.24, 2.45) is 11.7 Å².